The lowest BCUT2D eigenvalue weighted by atomic mass is 9.71. The number of aliphatic hydroxyl groups is 1. The minimum atomic E-state index is -0.708. The third-order valence-electron chi connectivity index (χ3n) is 6.78. The monoisotopic (exact) mass is 415 g/mol. The first-order valence-corrected chi connectivity index (χ1v) is 10.7. The van der Waals surface area contributed by atoms with Crippen molar-refractivity contribution in [2.45, 2.75) is 56.6 Å². The lowest BCUT2D eigenvalue weighted by Gasteiger charge is -2.47. The maximum absolute atomic E-state index is 12.7. The van der Waals surface area contributed by atoms with Crippen LogP contribution in [0, 0.1) is 5.92 Å². The molecule has 8 nitrogen and oxygen atoms in total. The number of amides is 4. The molecular weight excluding hydrogens is 386 g/mol. The summed E-state index contributed by atoms with van der Waals surface area (Å²) in [7, 11) is 1.55. The van der Waals surface area contributed by atoms with Crippen LogP contribution in [0.3, 0.4) is 0 Å². The van der Waals surface area contributed by atoms with E-state index in [1.54, 1.807) is 31.4 Å². The molecule has 0 bridgehead atoms. The van der Waals surface area contributed by atoms with Crippen LogP contribution in [0.5, 0.6) is 5.75 Å². The number of nitrogens with one attached hydrogen (secondary N) is 1. The number of urea groups is 1. The van der Waals surface area contributed by atoms with Gasteiger partial charge in [-0.3, -0.25) is 9.59 Å². The van der Waals surface area contributed by atoms with E-state index < -0.39 is 17.7 Å². The van der Waals surface area contributed by atoms with Crippen LogP contribution in [0.4, 0.5) is 10.5 Å². The second-order valence-electron chi connectivity index (χ2n) is 8.55. The van der Waals surface area contributed by atoms with Gasteiger partial charge in [0.05, 0.1) is 18.4 Å². The summed E-state index contributed by atoms with van der Waals surface area (Å²) in [5.41, 5.74) is -0.150. The van der Waals surface area contributed by atoms with E-state index in [2.05, 4.69) is 5.32 Å². The molecule has 2 N–H and O–H groups in total. The molecule has 4 amide bonds. The van der Waals surface area contributed by atoms with Crippen LogP contribution in [0.25, 0.3) is 0 Å². The number of nitrogens with zero attached hydrogens (tertiary/aromatic N) is 2. The fourth-order valence-electron chi connectivity index (χ4n) is 4.93. The molecule has 0 spiro atoms. The summed E-state index contributed by atoms with van der Waals surface area (Å²) < 4.78 is 5.11. The van der Waals surface area contributed by atoms with Crippen LogP contribution in [-0.2, 0) is 9.59 Å². The van der Waals surface area contributed by atoms with Crippen LogP contribution >= 0.6 is 0 Å². The van der Waals surface area contributed by atoms with Gasteiger partial charge >= 0.3 is 6.03 Å². The summed E-state index contributed by atoms with van der Waals surface area (Å²) in [5.74, 6) is 0.410. The van der Waals surface area contributed by atoms with Gasteiger partial charge in [0.25, 0.3) is 5.91 Å². The Morgan fingerprint density at radius 3 is 2.73 bits per heavy atom. The highest BCUT2D eigenvalue weighted by molar-refractivity contribution is 6.21. The molecule has 2 saturated heterocycles. The van der Waals surface area contributed by atoms with Crippen molar-refractivity contribution in [1.29, 1.82) is 0 Å². The maximum Gasteiger partial charge on any atom is 0.329 e. The molecule has 3 fully saturated rings. The number of likely N-dealkylation sites (tertiary alicyclic amines) is 1. The minimum Gasteiger partial charge on any atom is -0.497 e. The molecule has 8 heteroatoms. The number of anilines is 1. The number of carbonyl (C=O) groups is 3. The third-order valence-corrected chi connectivity index (χ3v) is 6.78. The number of imide groups is 1. The first-order chi connectivity index (χ1) is 14.4. The number of ether oxygens (including phenoxy) is 1. The number of fused-ring (bicyclic) bond motifs is 1. The Bertz CT molecular complexity index is 827. The molecule has 4 rings (SSSR count). The summed E-state index contributed by atoms with van der Waals surface area (Å²) in [6, 6.07) is 5.50. The predicted molar refractivity (Wildman–Crippen MR) is 110 cm³/mol. The fourth-order valence-corrected chi connectivity index (χ4v) is 4.93. The summed E-state index contributed by atoms with van der Waals surface area (Å²) in [5, 5.41) is 13.5. The topological polar surface area (TPSA) is 99.2 Å². The van der Waals surface area contributed by atoms with E-state index >= 15 is 0 Å². The average molecular weight is 415 g/mol. The summed E-state index contributed by atoms with van der Waals surface area (Å²) >= 11 is 0. The van der Waals surface area contributed by atoms with Gasteiger partial charge in [-0.1, -0.05) is 12.8 Å². The average Bonchev–Trinajstić information content (AvgIpc) is 3.04. The quantitative estimate of drug-likeness (QED) is 0.717. The van der Waals surface area contributed by atoms with E-state index in [-0.39, 0.29) is 30.6 Å². The standard InChI is InChI=1S/C22H29N3O5/c1-30-17-7-5-16(6-8-17)25-20(27)18(23-21(25)28)9-10-19(26)24-13-12-22(29)11-3-2-4-15(22)14-24/h5-8,15,18,29H,2-4,9-14H2,1H3,(H,23,28)/t15-,18+,22+/m1/s1. The normalized spacial score (nSPS) is 28.9. The van der Waals surface area contributed by atoms with Gasteiger partial charge in [-0.25, -0.2) is 9.69 Å². The summed E-state index contributed by atoms with van der Waals surface area (Å²) in [6.45, 7) is 1.13. The van der Waals surface area contributed by atoms with Crippen molar-refractivity contribution in [2.75, 3.05) is 25.1 Å². The number of methoxy groups -OCH3 is 1. The van der Waals surface area contributed by atoms with E-state index in [0.29, 0.717) is 30.9 Å². The second-order valence-corrected chi connectivity index (χ2v) is 8.55. The number of hydrogen-bond donors (Lipinski definition) is 2. The van der Waals surface area contributed by atoms with Crippen LogP contribution in [-0.4, -0.2) is 59.7 Å². The molecule has 1 aliphatic carbocycles. The molecule has 2 heterocycles. The van der Waals surface area contributed by atoms with Crippen molar-refractivity contribution in [2.24, 2.45) is 5.92 Å². The van der Waals surface area contributed by atoms with Gasteiger partial charge in [0, 0.05) is 25.4 Å². The first-order valence-electron chi connectivity index (χ1n) is 10.7. The molecule has 0 radical (unpaired) electrons. The van der Waals surface area contributed by atoms with Crippen molar-refractivity contribution < 1.29 is 24.2 Å². The number of piperidine rings is 1. The van der Waals surface area contributed by atoms with Crippen molar-refractivity contribution in [1.82, 2.24) is 10.2 Å². The highest BCUT2D eigenvalue weighted by Gasteiger charge is 2.44. The Morgan fingerprint density at radius 1 is 1.23 bits per heavy atom. The molecule has 1 saturated carbocycles. The van der Waals surface area contributed by atoms with E-state index in [0.717, 1.165) is 30.6 Å². The van der Waals surface area contributed by atoms with Gasteiger partial charge in [0.2, 0.25) is 5.91 Å². The van der Waals surface area contributed by atoms with E-state index in [1.165, 1.54) is 0 Å². The molecule has 3 atom stereocenters. The van der Waals surface area contributed by atoms with E-state index in [4.69, 9.17) is 4.74 Å². The molecule has 30 heavy (non-hydrogen) atoms. The summed E-state index contributed by atoms with van der Waals surface area (Å²) in [6.07, 6.45) is 5.00. The number of benzene rings is 1. The highest BCUT2D eigenvalue weighted by Crippen LogP contribution is 2.40. The molecule has 162 valence electrons. The molecule has 0 aromatic heterocycles. The molecule has 0 unspecified atom stereocenters. The van der Waals surface area contributed by atoms with Crippen molar-refractivity contribution in [3.63, 3.8) is 0 Å². The first kappa shape index (κ1) is 20.7. The SMILES string of the molecule is COc1ccc(N2C(=O)N[C@@H](CCC(=O)N3CC[C@@]4(O)CCCC[C@@H]4C3)C2=O)cc1. The van der Waals surface area contributed by atoms with Gasteiger partial charge in [-0.05, 0) is 49.9 Å². The van der Waals surface area contributed by atoms with Gasteiger partial charge < -0.3 is 20.1 Å². The van der Waals surface area contributed by atoms with Crippen LogP contribution in [0.15, 0.2) is 24.3 Å². The Hall–Kier alpha value is -2.61. The third kappa shape index (κ3) is 3.88. The van der Waals surface area contributed by atoms with Gasteiger partial charge in [0.1, 0.15) is 11.8 Å². The van der Waals surface area contributed by atoms with Crippen LogP contribution < -0.4 is 15.0 Å². The number of rotatable bonds is 5. The zero-order valence-corrected chi connectivity index (χ0v) is 17.3. The smallest absolute Gasteiger partial charge is 0.329 e. The molecule has 3 aliphatic rings. The van der Waals surface area contributed by atoms with Crippen LogP contribution in [0.2, 0.25) is 0 Å². The Labute approximate surface area is 176 Å². The Balaban J connectivity index is 1.33. The second kappa shape index (κ2) is 8.26. The fraction of sp³-hybridized carbons (Fsp3) is 0.591. The largest absolute Gasteiger partial charge is 0.497 e. The zero-order valence-electron chi connectivity index (χ0n) is 17.3. The molecule has 2 aliphatic heterocycles. The van der Waals surface area contributed by atoms with E-state index in [1.807, 2.05) is 4.90 Å². The Morgan fingerprint density at radius 2 is 2.00 bits per heavy atom. The lowest BCUT2D eigenvalue weighted by molar-refractivity contribution is -0.143. The zero-order chi connectivity index (χ0) is 21.3. The van der Waals surface area contributed by atoms with Crippen molar-refractivity contribution in [3.05, 3.63) is 24.3 Å². The van der Waals surface area contributed by atoms with E-state index in [9.17, 15) is 19.5 Å². The predicted octanol–water partition coefficient (Wildman–Crippen LogP) is 2.05. The van der Waals surface area contributed by atoms with Crippen molar-refractivity contribution >= 4 is 23.5 Å². The van der Waals surface area contributed by atoms with Crippen LogP contribution in [0.1, 0.15) is 44.9 Å². The highest BCUT2D eigenvalue weighted by atomic mass is 16.5. The van der Waals surface area contributed by atoms with Gasteiger partial charge in [0.15, 0.2) is 0 Å². The molecular formula is C22H29N3O5. The summed E-state index contributed by atoms with van der Waals surface area (Å²) in [4.78, 5) is 40.7. The lowest BCUT2D eigenvalue weighted by Crippen LogP contribution is -2.54. The van der Waals surface area contributed by atoms with Gasteiger partial charge in [-0.2, -0.15) is 0 Å². The minimum absolute atomic E-state index is 0.0208. The van der Waals surface area contributed by atoms with Crippen molar-refractivity contribution in [3.8, 4) is 5.75 Å². The molecule has 1 aromatic carbocycles. The Kier molecular flexibility index (Phi) is 5.69. The maximum atomic E-state index is 12.7. The number of carbonyl (C=O) groups excluding carboxylic acids is 3. The molecule has 1 aromatic rings. The van der Waals surface area contributed by atoms with Gasteiger partial charge in [-0.15, -0.1) is 0 Å². The number of hydrogen-bond acceptors (Lipinski definition) is 5.